The molecule has 3 aromatic carbocycles. The van der Waals surface area contributed by atoms with E-state index in [0.29, 0.717) is 6.42 Å². The second kappa shape index (κ2) is 14.6. The number of aryl methyl sites for hydroxylation is 1. The zero-order chi connectivity index (χ0) is 41.1. The monoisotopic (exact) mass is 764 g/mol. The highest BCUT2D eigenvalue weighted by Crippen LogP contribution is 2.68. The summed E-state index contributed by atoms with van der Waals surface area (Å²) in [5.74, 6) is -10.7. The molecule has 3 aliphatic carbocycles. The fraction of sp³-hybridized carbons (Fsp3) is 0.400. The van der Waals surface area contributed by atoms with Gasteiger partial charge in [-0.25, -0.2) is 0 Å². The Balaban J connectivity index is 1.53. The Morgan fingerprint density at radius 2 is 1.46 bits per heavy atom. The van der Waals surface area contributed by atoms with Gasteiger partial charge in [-0.2, -0.15) is 0 Å². The van der Waals surface area contributed by atoms with Gasteiger partial charge in [-0.15, -0.1) is 0 Å². The Kier molecular flexibility index (Phi) is 10.5. The molecule has 6 rings (SSSR count). The topological polar surface area (TPSA) is 196 Å². The van der Waals surface area contributed by atoms with Crippen molar-refractivity contribution in [2.45, 2.75) is 91.0 Å². The number of allylic oxidation sites excluding steroid dienone is 1. The number of hydrogen-bond donors (Lipinski definition) is 5. The summed E-state index contributed by atoms with van der Waals surface area (Å²) in [5.41, 5.74) is -6.62. The van der Waals surface area contributed by atoms with E-state index in [2.05, 4.69) is 0 Å². The van der Waals surface area contributed by atoms with Gasteiger partial charge in [0.2, 0.25) is 5.78 Å². The molecule has 0 saturated carbocycles. The quantitative estimate of drug-likeness (QED) is 0.109. The molecule has 0 fully saturated rings. The molecular formula is C45H48O11. The minimum atomic E-state index is -3.04. The van der Waals surface area contributed by atoms with Crippen molar-refractivity contribution in [3.05, 3.63) is 123 Å². The lowest BCUT2D eigenvalue weighted by atomic mass is 9.41. The molecule has 294 valence electrons. The van der Waals surface area contributed by atoms with Crippen LogP contribution < -0.4 is 0 Å². The first kappa shape index (κ1) is 40.3. The van der Waals surface area contributed by atoms with Crippen LogP contribution in [0.15, 0.2) is 95.5 Å². The second-order valence-corrected chi connectivity index (χ2v) is 16.1. The molecule has 0 aliphatic heterocycles. The number of aromatic hydroxyl groups is 1. The van der Waals surface area contributed by atoms with Crippen LogP contribution in [0, 0.1) is 22.7 Å². The number of fused-ring (bicyclic) bond motifs is 3. The van der Waals surface area contributed by atoms with Crippen molar-refractivity contribution >= 4 is 29.1 Å². The highest BCUT2D eigenvalue weighted by molar-refractivity contribution is 6.25. The number of aliphatic hydroxyl groups excluding tert-OH is 3. The highest BCUT2D eigenvalue weighted by atomic mass is 16.5. The number of aliphatic hydroxyl groups is 4. The van der Waals surface area contributed by atoms with Crippen LogP contribution in [0.1, 0.15) is 98.8 Å². The summed E-state index contributed by atoms with van der Waals surface area (Å²) in [6.07, 6.45) is -1.91. The lowest BCUT2D eigenvalue weighted by Crippen LogP contribution is -2.73. The Morgan fingerprint density at radius 3 is 2.04 bits per heavy atom. The van der Waals surface area contributed by atoms with E-state index in [1.165, 1.54) is 26.0 Å². The van der Waals surface area contributed by atoms with E-state index in [-0.39, 0.29) is 35.5 Å². The fourth-order valence-corrected chi connectivity index (χ4v) is 9.79. The van der Waals surface area contributed by atoms with Gasteiger partial charge >= 0.3 is 5.97 Å². The zero-order valence-corrected chi connectivity index (χ0v) is 32.3. The van der Waals surface area contributed by atoms with Crippen molar-refractivity contribution in [2.24, 2.45) is 22.7 Å². The van der Waals surface area contributed by atoms with Gasteiger partial charge in [0.25, 0.3) is 0 Å². The number of hydrogen-bond acceptors (Lipinski definition) is 11. The molecule has 0 bridgehead atoms. The van der Waals surface area contributed by atoms with Crippen LogP contribution in [0.5, 0.6) is 5.75 Å². The van der Waals surface area contributed by atoms with Gasteiger partial charge in [0, 0.05) is 23.2 Å². The Bertz CT molecular complexity index is 2190. The van der Waals surface area contributed by atoms with E-state index in [9.17, 15) is 49.5 Å². The van der Waals surface area contributed by atoms with Crippen molar-refractivity contribution in [3.8, 4) is 5.75 Å². The molecule has 0 spiro atoms. The second-order valence-electron chi connectivity index (χ2n) is 16.1. The average Bonchev–Trinajstić information content (AvgIpc) is 3.16. The molecule has 0 amide bonds. The van der Waals surface area contributed by atoms with Crippen molar-refractivity contribution in [1.82, 2.24) is 0 Å². The molecule has 3 aliphatic rings. The highest BCUT2D eigenvalue weighted by Gasteiger charge is 2.76. The predicted molar refractivity (Wildman–Crippen MR) is 205 cm³/mol. The van der Waals surface area contributed by atoms with E-state index in [1.807, 2.05) is 36.4 Å². The molecule has 7 atom stereocenters. The lowest BCUT2D eigenvalue weighted by Gasteiger charge is -2.63. The number of phenols is 1. The third-order valence-corrected chi connectivity index (χ3v) is 12.7. The number of rotatable bonds is 11. The molecule has 0 radical (unpaired) electrons. The standard InChI is InChI=1S/C45H48O11/c1-23(2)36-38(50)34(25(4)46)40(52)45(55)41(53)37-39(51)35-31(48)20-18-28(33(35)24(3)43(37,5)42(54)44(36,45)6)29(30(47)19-17-26-13-9-7-10-14-26)21-32(49)56-22-27-15-11-8-12-16-27/h7-16,18,20,23-24,29,36,42,48,50,53-55H,17,19,21-22H2,1-6H3/t24-,29?,36?,42-,43+,44+,45+/m1/s1. The van der Waals surface area contributed by atoms with Gasteiger partial charge in [-0.3, -0.25) is 24.0 Å². The van der Waals surface area contributed by atoms with E-state index >= 15 is 0 Å². The zero-order valence-electron chi connectivity index (χ0n) is 32.3. The van der Waals surface area contributed by atoms with Crippen LogP contribution in [0.3, 0.4) is 0 Å². The summed E-state index contributed by atoms with van der Waals surface area (Å²) in [4.78, 5) is 69.6. The molecule has 5 N–H and O–H groups in total. The minimum Gasteiger partial charge on any atom is -0.511 e. The first-order valence-corrected chi connectivity index (χ1v) is 18.8. The normalized spacial score (nSPS) is 27.7. The largest absolute Gasteiger partial charge is 0.511 e. The van der Waals surface area contributed by atoms with Gasteiger partial charge < -0.3 is 30.3 Å². The van der Waals surface area contributed by atoms with Crippen LogP contribution in [-0.2, 0) is 36.9 Å². The van der Waals surface area contributed by atoms with Crippen LogP contribution in [-0.4, -0.2) is 66.3 Å². The first-order valence-electron chi connectivity index (χ1n) is 18.8. The molecule has 2 unspecified atom stereocenters. The molecular weight excluding hydrogens is 716 g/mol. The molecule has 0 saturated heterocycles. The summed E-state index contributed by atoms with van der Waals surface area (Å²) >= 11 is 0. The number of ether oxygens (including phenoxy) is 1. The molecule has 56 heavy (non-hydrogen) atoms. The van der Waals surface area contributed by atoms with Crippen molar-refractivity contribution in [2.75, 3.05) is 0 Å². The summed E-state index contributed by atoms with van der Waals surface area (Å²) < 4.78 is 5.61. The van der Waals surface area contributed by atoms with Crippen LogP contribution in [0.4, 0.5) is 0 Å². The number of esters is 1. The Hall–Kier alpha value is -5.39. The number of Topliss-reactive ketones (excluding diaryl/α,β-unsaturated/α-hetero) is 4. The number of benzene rings is 3. The van der Waals surface area contributed by atoms with Crippen LogP contribution in [0.2, 0.25) is 0 Å². The van der Waals surface area contributed by atoms with E-state index in [1.54, 1.807) is 45.0 Å². The number of ketones is 4. The van der Waals surface area contributed by atoms with Crippen LogP contribution >= 0.6 is 0 Å². The van der Waals surface area contributed by atoms with Gasteiger partial charge in [0.1, 0.15) is 35.2 Å². The predicted octanol–water partition coefficient (Wildman–Crippen LogP) is 6.30. The number of carbonyl (C=O) groups excluding carboxylic acids is 5. The average molecular weight is 765 g/mol. The third-order valence-electron chi connectivity index (χ3n) is 12.7. The molecule has 0 aromatic heterocycles. The summed E-state index contributed by atoms with van der Waals surface area (Å²) in [6, 6.07) is 21.0. The summed E-state index contributed by atoms with van der Waals surface area (Å²) in [5, 5.41) is 60.2. The number of carbonyl (C=O) groups is 5. The molecule has 11 nitrogen and oxygen atoms in total. The third kappa shape index (κ3) is 5.90. The Morgan fingerprint density at radius 1 is 0.875 bits per heavy atom. The molecule has 3 aromatic rings. The van der Waals surface area contributed by atoms with Crippen molar-refractivity contribution < 1.29 is 54.2 Å². The minimum absolute atomic E-state index is 0.0117. The van der Waals surface area contributed by atoms with Gasteiger partial charge in [0.05, 0.1) is 29.6 Å². The van der Waals surface area contributed by atoms with Gasteiger partial charge in [-0.05, 0) is 53.5 Å². The molecule has 0 heterocycles. The SMILES string of the molecule is CC(=O)C1=C(O)C(C(C)C)[C@@]2(C)[C@H](O)[C@]3(C)C(=C(O)[C@@]2(O)C1=O)C(=O)c1c(O)ccc(C(CC(=O)OCc2ccccc2)C(=O)CCc2ccccc2)c1[C@H]3C. The van der Waals surface area contributed by atoms with Crippen molar-refractivity contribution in [1.29, 1.82) is 0 Å². The number of phenolic OH excluding ortho intramolecular Hbond substituents is 1. The van der Waals surface area contributed by atoms with Crippen molar-refractivity contribution in [3.63, 3.8) is 0 Å². The van der Waals surface area contributed by atoms with E-state index in [4.69, 9.17) is 4.74 Å². The lowest BCUT2D eigenvalue weighted by molar-refractivity contribution is -0.211. The fourth-order valence-electron chi connectivity index (χ4n) is 9.79. The van der Waals surface area contributed by atoms with Gasteiger partial charge in [-0.1, -0.05) is 101 Å². The maximum absolute atomic E-state index is 14.8. The van der Waals surface area contributed by atoms with Gasteiger partial charge in [0.15, 0.2) is 17.2 Å². The smallest absolute Gasteiger partial charge is 0.307 e. The van der Waals surface area contributed by atoms with E-state index < -0.39 is 104 Å². The maximum atomic E-state index is 14.8. The summed E-state index contributed by atoms with van der Waals surface area (Å²) in [6.45, 7) is 8.75. The summed E-state index contributed by atoms with van der Waals surface area (Å²) in [7, 11) is 0. The van der Waals surface area contributed by atoms with Crippen LogP contribution in [0.25, 0.3) is 0 Å². The molecule has 11 heteroatoms. The Labute approximate surface area is 325 Å². The van der Waals surface area contributed by atoms with E-state index in [0.717, 1.165) is 18.1 Å². The first-order chi connectivity index (χ1) is 26.3. The maximum Gasteiger partial charge on any atom is 0.307 e.